The molecule has 1 aromatic heterocycles. The minimum atomic E-state index is -1.93. The van der Waals surface area contributed by atoms with Crippen LogP contribution in [-0.4, -0.2) is 71.3 Å². The van der Waals surface area contributed by atoms with Gasteiger partial charge >= 0.3 is 7.12 Å². The third kappa shape index (κ3) is 7.76. The zero-order chi connectivity index (χ0) is 22.8. The fourth-order valence-electron chi connectivity index (χ4n) is 2.47. The number of halogens is 2. The quantitative estimate of drug-likeness (QED) is 0.347. The molecule has 4 N–H and O–H groups in total. The third-order valence-corrected chi connectivity index (χ3v) is 4.25. The van der Waals surface area contributed by atoms with Crippen LogP contribution in [0.15, 0.2) is 36.8 Å². The largest absolute Gasteiger partial charge is 0.490 e. The molecule has 166 valence electrons. The van der Waals surface area contributed by atoms with Gasteiger partial charge in [-0.05, 0) is 18.2 Å². The summed E-state index contributed by atoms with van der Waals surface area (Å²) in [6, 6.07) is 2.70. The Bertz CT molecular complexity index is 879. The molecule has 0 saturated carbocycles. The number of hydrogen-bond donors (Lipinski definition) is 4. The van der Waals surface area contributed by atoms with Gasteiger partial charge in [-0.1, -0.05) is 11.6 Å². The number of ether oxygens (including phenoxy) is 2. The standard InChI is InChI=1S/C18H21BClFN4O6/c1-30-10-14(24-17(26)13-9-22-5-6-23-13)18(27)25-16(19(28)29)4-7-31-15-3-2-11(20)8-12(15)21/h2-3,5-6,8-9,14,16,28-29H,4,7,10H2,1H3,(H,24,26)(H,25,27)/t14?,16-/m0/s1. The van der Waals surface area contributed by atoms with E-state index in [0.29, 0.717) is 0 Å². The third-order valence-electron chi connectivity index (χ3n) is 4.02. The Morgan fingerprint density at radius 1 is 1.29 bits per heavy atom. The molecule has 2 atom stereocenters. The van der Waals surface area contributed by atoms with Crippen molar-refractivity contribution in [1.82, 2.24) is 20.6 Å². The van der Waals surface area contributed by atoms with Crippen LogP contribution in [0, 0.1) is 5.82 Å². The lowest BCUT2D eigenvalue weighted by Gasteiger charge is -2.22. The summed E-state index contributed by atoms with van der Waals surface area (Å²) in [5.74, 6) is -3.29. The molecule has 1 heterocycles. The maximum Gasteiger partial charge on any atom is 0.475 e. The molecule has 2 rings (SSSR count). The number of amides is 2. The summed E-state index contributed by atoms with van der Waals surface area (Å²) in [5, 5.41) is 24.2. The molecule has 0 aliphatic carbocycles. The van der Waals surface area contributed by atoms with Crippen molar-refractivity contribution in [3.05, 3.63) is 53.3 Å². The van der Waals surface area contributed by atoms with Crippen molar-refractivity contribution in [2.24, 2.45) is 0 Å². The summed E-state index contributed by atoms with van der Waals surface area (Å²) in [6.07, 6.45) is 3.87. The Kier molecular flexibility index (Phi) is 9.60. The highest BCUT2D eigenvalue weighted by molar-refractivity contribution is 6.43. The Labute approximate surface area is 182 Å². The van der Waals surface area contributed by atoms with Crippen molar-refractivity contribution >= 4 is 30.5 Å². The van der Waals surface area contributed by atoms with Crippen LogP contribution in [0.5, 0.6) is 5.75 Å². The van der Waals surface area contributed by atoms with E-state index in [9.17, 15) is 24.0 Å². The summed E-state index contributed by atoms with van der Waals surface area (Å²) in [5.41, 5.74) is -0.00598. The first-order chi connectivity index (χ1) is 14.8. The number of carbonyl (C=O) groups is 2. The topological polar surface area (TPSA) is 143 Å². The highest BCUT2D eigenvalue weighted by Crippen LogP contribution is 2.21. The van der Waals surface area contributed by atoms with E-state index in [-0.39, 0.29) is 36.1 Å². The number of benzene rings is 1. The molecular formula is C18H21BClFN4O6. The zero-order valence-electron chi connectivity index (χ0n) is 16.5. The van der Waals surface area contributed by atoms with Crippen LogP contribution in [0.25, 0.3) is 0 Å². The van der Waals surface area contributed by atoms with E-state index in [1.807, 2.05) is 0 Å². The van der Waals surface area contributed by atoms with Crippen LogP contribution in [-0.2, 0) is 9.53 Å². The molecule has 2 amide bonds. The van der Waals surface area contributed by atoms with Crippen molar-refractivity contribution in [2.75, 3.05) is 20.3 Å². The lowest BCUT2D eigenvalue weighted by atomic mass is 9.77. The second kappa shape index (κ2) is 12.2. The van der Waals surface area contributed by atoms with E-state index < -0.39 is 36.7 Å². The normalized spacial score (nSPS) is 12.5. The van der Waals surface area contributed by atoms with Crippen molar-refractivity contribution < 1.29 is 33.5 Å². The summed E-state index contributed by atoms with van der Waals surface area (Å²) < 4.78 is 24.0. The Balaban J connectivity index is 1.95. The molecule has 0 bridgehead atoms. The highest BCUT2D eigenvalue weighted by atomic mass is 35.5. The first-order valence-electron chi connectivity index (χ1n) is 9.12. The van der Waals surface area contributed by atoms with Gasteiger partial charge in [-0.3, -0.25) is 14.6 Å². The second-order valence-corrected chi connectivity index (χ2v) is 6.75. The SMILES string of the molecule is COCC(NC(=O)c1cnccn1)C(=O)N[C@@H](CCOc1ccc(Cl)cc1F)B(O)O. The molecule has 0 saturated heterocycles. The average Bonchev–Trinajstić information content (AvgIpc) is 2.74. The summed E-state index contributed by atoms with van der Waals surface area (Å²) in [7, 11) is -0.594. The monoisotopic (exact) mass is 454 g/mol. The van der Waals surface area contributed by atoms with Crippen molar-refractivity contribution in [2.45, 2.75) is 18.4 Å². The van der Waals surface area contributed by atoms with Crippen LogP contribution in [0.2, 0.25) is 5.02 Å². The molecule has 0 spiro atoms. The molecule has 1 aromatic carbocycles. The molecular weight excluding hydrogens is 433 g/mol. The number of rotatable bonds is 11. The van der Waals surface area contributed by atoms with Gasteiger partial charge in [0.2, 0.25) is 5.91 Å². The molecule has 0 aliphatic heterocycles. The highest BCUT2D eigenvalue weighted by Gasteiger charge is 2.30. The average molecular weight is 455 g/mol. The fraction of sp³-hybridized carbons (Fsp3) is 0.333. The predicted octanol–water partition coefficient (Wildman–Crippen LogP) is -0.0202. The summed E-state index contributed by atoms with van der Waals surface area (Å²) in [4.78, 5) is 32.4. The van der Waals surface area contributed by atoms with Crippen LogP contribution >= 0.6 is 11.6 Å². The van der Waals surface area contributed by atoms with Gasteiger partial charge in [0.1, 0.15) is 11.7 Å². The minimum Gasteiger partial charge on any atom is -0.490 e. The predicted molar refractivity (Wildman–Crippen MR) is 109 cm³/mol. The van der Waals surface area contributed by atoms with Gasteiger partial charge in [0.25, 0.3) is 5.91 Å². The van der Waals surface area contributed by atoms with Crippen LogP contribution < -0.4 is 15.4 Å². The number of methoxy groups -OCH3 is 1. The number of aromatic nitrogens is 2. The number of hydrogen-bond acceptors (Lipinski definition) is 8. The molecule has 31 heavy (non-hydrogen) atoms. The van der Waals surface area contributed by atoms with E-state index in [1.54, 1.807) is 0 Å². The van der Waals surface area contributed by atoms with E-state index in [2.05, 4.69) is 20.6 Å². The Morgan fingerprint density at radius 3 is 2.68 bits per heavy atom. The number of carbonyl (C=O) groups excluding carboxylic acids is 2. The van der Waals surface area contributed by atoms with E-state index in [1.165, 1.54) is 37.8 Å². The maximum absolute atomic E-state index is 13.8. The van der Waals surface area contributed by atoms with Crippen LogP contribution in [0.1, 0.15) is 16.9 Å². The van der Waals surface area contributed by atoms with Gasteiger partial charge in [0, 0.05) is 30.9 Å². The van der Waals surface area contributed by atoms with Crippen molar-refractivity contribution in [3.63, 3.8) is 0 Å². The van der Waals surface area contributed by atoms with E-state index in [0.717, 1.165) is 6.07 Å². The van der Waals surface area contributed by atoms with E-state index >= 15 is 0 Å². The molecule has 10 nitrogen and oxygen atoms in total. The van der Waals surface area contributed by atoms with Gasteiger partial charge in [0.05, 0.1) is 25.4 Å². The molecule has 0 radical (unpaired) electrons. The number of nitrogens with zero attached hydrogens (tertiary/aromatic N) is 2. The number of nitrogens with one attached hydrogen (secondary N) is 2. The molecule has 2 aromatic rings. The first-order valence-corrected chi connectivity index (χ1v) is 9.49. The molecule has 0 fully saturated rings. The molecule has 13 heteroatoms. The summed E-state index contributed by atoms with van der Waals surface area (Å²) >= 11 is 5.67. The summed E-state index contributed by atoms with van der Waals surface area (Å²) in [6.45, 7) is -0.319. The lowest BCUT2D eigenvalue weighted by molar-refractivity contribution is -0.124. The molecule has 1 unspecified atom stereocenters. The van der Waals surface area contributed by atoms with Crippen LogP contribution in [0.3, 0.4) is 0 Å². The maximum atomic E-state index is 13.8. The van der Waals surface area contributed by atoms with Gasteiger partial charge in [-0.2, -0.15) is 0 Å². The van der Waals surface area contributed by atoms with Gasteiger partial charge in [-0.15, -0.1) is 0 Å². The smallest absolute Gasteiger partial charge is 0.475 e. The van der Waals surface area contributed by atoms with Gasteiger partial charge < -0.3 is 30.2 Å². The minimum absolute atomic E-state index is 0.00598. The lowest BCUT2D eigenvalue weighted by Crippen LogP contribution is -2.55. The van der Waals surface area contributed by atoms with Crippen LogP contribution in [0.4, 0.5) is 4.39 Å². The Morgan fingerprint density at radius 2 is 2.06 bits per heavy atom. The van der Waals surface area contributed by atoms with Gasteiger partial charge in [0.15, 0.2) is 11.6 Å². The van der Waals surface area contributed by atoms with Crippen molar-refractivity contribution in [3.8, 4) is 5.75 Å². The first kappa shape index (κ1) is 24.5. The zero-order valence-corrected chi connectivity index (χ0v) is 17.3. The Hall–Kier alpha value is -2.80. The second-order valence-electron chi connectivity index (χ2n) is 6.31. The van der Waals surface area contributed by atoms with E-state index in [4.69, 9.17) is 21.1 Å². The van der Waals surface area contributed by atoms with Gasteiger partial charge in [-0.25, -0.2) is 9.37 Å². The fourth-order valence-corrected chi connectivity index (χ4v) is 2.62. The van der Waals surface area contributed by atoms with Crippen molar-refractivity contribution in [1.29, 1.82) is 0 Å². The molecule has 0 aliphatic rings.